The third-order valence-corrected chi connectivity index (χ3v) is 3.73. The number of nitrogens with zero attached hydrogens (tertiary/aromatic N) is 2. The van der Waals surface area contributed by atoms with E-state index in [0.29, 0.717) is 4.68 Å². The third kappa shape index (κ3) is 3.29. The minimum absolute atomic E-state index is 0.272. The molecule has 0 saturated carbocycles. The fourth-order valence-electron chi connectivity index (χ4n) is 1.38. The Hall–Kier alpha value is -0.960. The molecule has 1 N–H and O–H groups in total. The van der Waals surface area contributed by atoms with E-state index in [2.05, 4.69) is 5.10 Å². The lowest BCUT2D eigenvalue weighted by Crippen LogP contribution is -2.20. The molecule has 18 heavy (non-hydrogen) atoms. The number of hydrogen-bond donors (Lipinski definition) is 1. The van der Waals surface area contributed by atoms with Gasteiger partial charge in [-0.25, -0.2) is 8.42 Å². The summed E-state index contributed by atoms with van der Waals surface area (Å²) >= 11 is 5.50. The van der Waals surface area contributed by atoms with Crippen molar-refractivity contribution in [3.05, 3.63) is 10.8 Å². The quantitative estimate of drug-likeness (QED) is 0.928. The summed E-state index contributed by atoms with van der Waals surface area (Å²) in [7, 11) is -2.83. The van der Waals surface area contributed by atoms with Gasteiger partial charge in [0.2, 0.25) is 10.0 Å². The predicted molar refractivity (Wildman–Crippen MR) is 60.9 cm³/mol. The Labute approximate surface area is 107 Å². The molecule has 0 amide bonds. The Bertz CT molecular complexity index is 539. The van der Waals surface area contributed by atoms with Crippen LogP contribution in [0.1, 0.15) is 19.0 Å². The van der Waals surface area contributed by atoms with Gasteiger partial charge in [0.1, 0.15) is 5.69 Å². The molecule has 0 spiro atoms. The number of aryl methyl sites for hydroxylation is 1. The molecule has 0 aliphatic heterocycles. The van der Waals surface area contributed by atoms with E-state index in [4.69, 9.17) is 11.6 Å². The molecule has 0 aromatic carbocycles. The van der Waals surface area contributed by atoms with Crippen molar-refractivity contribution in [3.63, 3.8) is 0 Å². The summed E-state index contributed by atoms with van der Waals surface area (Å²) in [6.45, 7) is 1.59. The Morgan fingerprint density at radius 3 is 2.44 bits per heavy atom. The Morgan fingerprint density at radius 1 is 1.44 bits per heavy atom. The van der Waals surface area contributed by atoms with Gasteiger partial charge in [0, 0.05) is 7.05 Å². The van der Waals surface area contributed by atoms with Crippen LogP contribution in [-0.4, -0.2) is 24.0 Å². The summed E-state index contributed by atoms with van der Waals surface area (Å²) in [5, 5.41) is 2.82. The number of anilines is 1. The van der Waals surface area contributed by atoms with E-state index < -0.39 is 32.7 Å². The van der Waals surface area contributed by atoms with Crippen molar-refractivity contribution in [2.24, 2.45) is 7.05 Å². The van der Waals surface area contributed by atoms with Crippen LogP contribution in [0.2, 0.25) is 5.15 Å². The van der Waals surface area contributed by atoms with E-state index in [-0.39, 0.29) is 12.2 Å². The van der Waals surface area contributed by atoms with Gasteiger partial charge in [-0.1, -0.05) is 18.5 Å². The number of alkyl halides is 3. The van der Waals surface area contributed by atoms with Crippen molar-refractivity contribution >= 4 is 27.3 Å². The molecule has 1 aromatic heterocycles. The zero-order valence-corrected chi connectivity index (χ0v) is 11.1. The lowest BCUT2D eigenvalue weighted by Gasteiger charge is -2.11. The van der Waals surface area contributed by atoms with Crippen molar-refractivity contribution < 1.29 is 21.6 Å². The number of hydrogen-bond acceptors (Lipinski definition) is 3. The van der Waals surface area contributed by atoms with Crippen LogP contribution in [-0.2, 0) is 23.2 Å². The van der Waals surface area contributed by atoms with Crippen molar-refractivity contribution in [2.45, 2.75) is 19.5 Å². The van der Waals surface area contributed by atoms with Crippen LogP contribution in [0.3, 0.4) is 0 Å². The van der Waals surface area contributed by atoms with Gasteiger partial charge < -0.3 is 0 Å². The van der Waals surface area contributed by atoms with Gasteiger partial charge in [0.25, 0.3) is 0 Å². The first-order valence-electron chi connectivity index (χ1n) is 4.88. The monoisotopic (exact) mass is 305 g/mol. The first kappa shape index (κ1) is 15.1. The smallest absolute Gasteiger partial charge is 0.278 e. The molecule has 0 bridgehead atoms. The molecule has 0 saturated heterocycles. The zero-order valence-electron chi connectivity index (χ0n) is 9.55. The summed E-state index contributed by atoms with van der Waals surface area (Å²) in [4.78, 5) is 0. The number of nitrogens with one attached hydrogen (secondary N) is 1. The fourth-order valence-corrected chi connectivity index (χ4v) is 2.83. The first-order chi connectivity index (χ1) is 8.08. The molecule has 0 radical (unpaired) electrons. The lowest BCUT2D eigenvalue weighted by atomic mass is 10.3. The second-order valence-electron chi connectivity index (χ2n) is 3.56. The molecule has 0 aliphatic carbocycles. The van der Waals surface area contributed by atoms with Crippen molar-refractivity contribution in [1.29, 1.82) is 0 Å². The van der Waals surface area contributed by atoms with Crippen LogP contribution < -0.4 is 4.72 Å². The Morgan fingerprint density at radius 2 is 2.00 bits per heavy atom. The van der Waals surface area contributed by atoms with Crippen LogP contribution in [0, 0.1) is 0 Å². The highest BCUT2D eigenvalue weighted by Crippen LogP contribution is 2.38. The maximum Gasteiger partial charge on any atom is 0.435 e. The first-order valence-corrected chi connectivity index (χ1v) is 6.91. The SMILES string of the molecule is CCCS(=O)(=O)Nc1c(Cl)nn(C)c1C(F)(F)F. The average molecular weight is 306 g/mol. The fraction of sp³-hybridized carbons (Fsp3) is 0.625. The average Bonchev–Trinajstić information content (AvgIpc) is 2.39. The Balaban J connectivity index is 3.26. The Kier molecular flexibility index (Phi) is 4.16. The number of aromatic nitrogens is 2. The molecule has 1 heterocycles. The summed E-state index contributed by atoms with van der Waals surface area (Å²) < 4.78 is 63.4. The summed E-state index contributed by atoms with van der Waals surface area (Å²) in [6, 6.07) is 0. The number of halogens is 4. The second kappa shape index (κ2) is 4.96. The van der Waals surface area contributed by atoms with Crippen LogP contribution in [0.4, 0.5) is 18.9 Å². The van der Waals surface area contributed by atoms with Crippen molar-refractivity contribution in [2.75, 3.05) is 10.5 Å². The molecule has 0 atom stereocenters. The van der Waals surface area contributed by atoms with E-state index >= 15 is 0 Å². The van der Waals surface area contributed by atoms with Gasteiger partial charge >= 0.3 is 6.18 Å². The van der Waals surface area contributed by atoms with Gasteiger partial charge in [-0.05, 0) is 6.42 Å². The molecule has 0 unspecified atom stereocenters. The largest absolute Gasteiger partial charge is 0.435 e. The molecule has 5 nitrogen and oxygen atoms in total. The maximum atomic E-state index is 12.7. The molecule has 104 valence electrons. The standard InChI is InChI=1S/C8H11ClF3N3O2S/c1-3-4-18(16,17)14-5-6(8(10,11)12)15(2)13-7(5)9/h14H,3-4H2,1-2H3. The van der Waals surface area contributed by atoms with E-state index in [1.165, 1.54) is 0 Å². The van der Waals surface area contributed by atoms with Crippen LogP contribution >= 0.6 is 11.6 Å². The van der Waals surface area contributed by atoms with Gasteiger partial charge in [0.15, 0.2) is 10.8 Å². The third-order valence-electron chi connectivity index (χ3n) is 2.00. The van der Waals surface area contributed by atoms with Gasteiger partial charge in [-0.2, -0.15) is 18.3 Å². The molecule has 1 rings (SSSR count). The summed E-state index contributed by atoms with van der Waals surface area (Å²) in [5.74, 6) is -0.296. The predicted octanol–water partition coefficient (Wildman–Crippen LogP) is 2.24. The molecule has 0 fully saturated rings. The zero-order chi connectivity index (χ0) is 14.1. The minimum atomic E-state index is -4.75. The normalized spacial score (nSPS) is 12.8. The van der Waals surface area contributed by atoms with E-state index in [1.807, 2.05) is 4.72 Å². The highest BCUT2D eigenvalue weighted by Gasteiger charge is 2.40. The van der Waals surface area contributed by atoms with E-state index in [1.54, 1.807) is 6.92 Å². The summed E-state index contributed by atoms with van der Waals surface area (Å²) in [6.07, 6.45) is -4.48. The van der Waals surface area contributed by atoms with Crippen LogP contribution in [0.25, 0.3) is 0 Å². The van der Waals surface area contributed by atoms with Gasteiger partial charge in [-0.3, -0.25) is 9.40 Å². The van der Waals surface area contributed by atoms with Gasteiger partial charge in [-0.15, -0.1) is 0 Å². The van der Waals surface area contributed by atoms with Gasteiger partial charge in [0.05, 0.1) is 5.75 Å². The van der Waals surface area contributed by atoms with E-state index in [9.17, 15) is 21.6 Å². The van der Waals surface area contributed by atoms with E-state index in [0.717, 1.165) is 7.05 Å². The van der Waals surface area contributed by atoms with Crippen molar-refractivity contribution in [1.82, 2.24) is 9.78 Å². The molecule has 1 aromatic rings. The highest BCUT2D eigenvalue weighted by molar-refractivity contribution is 7.92. The maximum absolute atomic E-state index is 12.7. The van der Waals surface area contributed by atoms with Crippen LogP contribution in [0.5, 0.6) is 0 Å². The van der Waals surface area contributed by atoms with Crippen LogP contribution in [0.15, 0.2) is 0 Å². The molecule has 10 heteroatoms. The molecule has 0 aliphatic rings. The highest BCUT2D eigenvalue weighted by atomic mass is 35.5. The minimum Gasteiger partial charge on any atom is -0.278 e. The second-order valence-corrected chi connectivity index (χ2v) is 5.76. The topological polar surface area (TPSA) is 64.0 Å². The number of sulfonamides is 1. The molecular formula is C8H11ClF3N3O2S. The lowest BCUT2D eigenvalue weighted by molar-refractivity contribution is -0.143. The summed E-state index contributed by atoms with van der Waals surface area (Å²) in [5.41, 5.74) is -1.97. The molecular weight excluding hydrogens is 295 g/mol. The number of rotatable bonds is 4. The van der Waals surface area contributed by atoms with Crippen molar-refractivity contribution in [3.8, 4) is 0 Å².